The first-order valence-corrected chi connectivity index (χ1v) is 8.93. The molecule has 124 valence electrons. The Hall–Kier alpha value is -2.02. The van der Waals surface area contributed by atoms with E-state index in [-0.39, 0.29) is 6.10 Å². The maximum atomic E-state index is 6.04. The summed E-state index contributed by atoms with van der Waals surface area (Å²) in [5.41, 5.74) is 1.99. The van der Waals surface area contributed by atoms with Gasteiger partial charge in [0.15, 0.2) is 0 Å². The fourth-order valence-corrected chi connectivity index (χ4v) is 3.39. The van der Waals surface area contributed by atoms with E-state index in [4.69, 9.17) is 14.0 Å². The minimum Gasteiger partial charge on any atom is -0.381 e. The predicted octanol–water partition coefficient (Wildman–Crippen LogP) is 4.16. The summed E-state index contributed by atoms with van der Waals surface area (Å²) in [6.45, 7) is 2.10. The van der Waals surface area contributed by atoms with E-state index in [1.54, 1.807) is 11.3 Å². The Balaban J connectivity index is 1.53. The molecule has 2 aromatic heterocycles. The van der Waals surface area contributed by atoms with Gasteiger partial charge in [-0.3, -0.25) is 0 Å². The van der Waals surface area contributed by atoms with E-state index in [1.165, 1.54) is 0 Å². The molecule has 6 heteroatoms. The molecule has 0 unspecified atom stereocenters. The second-order valence-corrected chi connectivity index (χ2v) is 6.63. The summed E-state index contributed by atoms with van der Waals surface area (Å²) in [6, 6.07) is 12.0. The highest BCUT2D eigenvalue weighted by Crippen LogP contribution is 2.28. The molecule has 24 heavy (non-hydrogen) atoms. The average Bonchev–Trinajstić information content (AvgIpc) is 3.32. The van der Waals surface area contributed by atoms with Gasteiger partial charge in [0.2, 0.25) is 5.82 Å². The second kappa shape index (κ2) is 7.25. The van der Waals surface area contributed by atoms with Crippen molar-refractivity contribution in [2.24, 2.45) is 0 Å². The van der Waals surface area contributed by atoms with Crippen LogP contribution in [0.1, 0.15) is 18.4 Å². The summed E-state index contributed by atoms with van der Waals surface area (Å²) in [5.74, 6) is 1.16. The molecule has 0 aliphatic carbocycles. The molecule has 3 heterocycles. The van der Waals surface area contributed by atoms with Crippen molar-refractivity contribution in [1.29, 1.82) is 0 Å². The Bertz CT molecular complexity index is 779. The van der Waals surface area contributed by atoms with Crippen LogP contribution in [0.5, 0.6) is 0 Å². The third-order valence-electron chi connectivity index (χ3n) is 4.06. The van der Waals surface area contributed by atoms with Crippen LogP contribution in [-0.4, -0.2) is 29.5 Å². The molecule has 0 amide bonds. The third kappa shape index (κ3) is 3.40. The van der Waals surface area contributed by atoms with Gasteiger partial charge < -0.3 is 14.0 Å². The summed E-state index contributed by atoms with van der Waals surface area (Å²) in [6.07, 6.45) is 2.16. The van der Waals surface area contributed by atoms with Crippen LogP contribution < -0.4 is 0 Å². The van der Waals surface area contributed by atoms with Crippen molar-refractivity contribution in [2.45, 2.75) is 25.6 Å². The number of thiophene rings is 1. The lowest BCUT2D eigenvalue weighted by Gasteiger charge is -2.22. The van der Waals surface area contributed by atoms with Crippen LogP contribution >= 0.6 is 11.3 Å². The minimum absolute atomic E-state index is 0.260. The lowest BCUT2D eigenvalue weighted by molar-refractivity contribution is -0.0389. The molecule has 5 nitrogen and oxygen atoms in total. The van der Waals surface area contributed by atoms with E-state index in [1.807, 2.05) is 41.8 Å². The molecular formula is C18H18N2O3S. The standard InChI is InChI=1S/C18H18N2O3S/c1-2-5-15(13(4-1)12-22-14-7-9-21-10-8-14)18-19-17(20-23-18)16-6-3-11-24-16/h1-6,11,14H,7-10,12H2. The molecule has 0 saturated carbocycles. The molecule has 1 fully saturated rings. The van der Waals surface area contributed by atoms with Gasteiger partial charge in [-0.1, -0.05) is 29.4 Å². The zero-order valence-electron chi connectivity index (χ0n) is 13.2. The Morgan fingerprint density at radius 1 is 1.12 bits per heavy atom. The van der Waals surface area contributed by atoms with Crippen LogP contribution in [0.25, 0.3) is 22.2 Å². The van der Waals surface area contributed by atoms with Crippen LogP contribution in [0.15, 0.2) is 46.3 Å². The van der Waals surface area contributed by atoms with Crippen molar-refractivity contribution in [2.75, 3.05) is 13.2 Å². The number of nitrogens with zero attached hydrogens (tertiary/aromatic N) is 2. The van der Waals surface area contributed by atoms with Crippen molar-refractivity contribution in [3.63, 3.8) is 0 Å². The van der Waals surface area contributed by atoms with Crippen molar-refractivity contribution < 1.29 is 14.0 Å². The molecule has 4 rings (SSSR count). The maximum Gasteiger partial charge on any atom is 0.258 e. The Labute approximate surface area is 144 Å². The van der Waals surface area contributed by atoms with E-state index in [9.17, 15) is 0 Å². The summed E-state index contributed by atoms with van der Waals surface area (Å²) < 4.78 is 16.9. The smallest absolute Gasteiger partial charge is 0.258 e. The summed E-state index contributed by atoms with van der Waals surface area (Å²) in [4.78, 5) is 5.54. The maximum absolute atomic E-state index is 6.04. The topological polar surface area (TPSA) is 57.4 Å². The molecule has 1 aromatic carbocycles. The number of rotatable bonds is 5. The van der Waals surface area contributed by atoms with E-state index in [0.717, 1.165) is 42.1 Å². The fraction of sp³-hybridized carbons (Fsp3) is 0.333. The third-order valence-corrected chi connectivity index (χ3v) is 4.92. The zero-order valence-corrected chi connectivity index (χ0v) is 14.0. The van der Waals surface area contributed by atoms with E-state index in [2.05, 4.69) is 10.1 Å². The van der Waals surface area contributed by atoms with Gasteiger partial charge in [-0.25, -0.2) is 0 Å². The molecule has 3 aromatic rings. The SMILES string of the molecule is c1csc(-c2noc(-c3ccccc3COC3CCOCC3)n2)c1. The normalized spacial score (nSPS) is 15.7. The predicted molar refractivity (Wildman–Crippen MR) is 91.7 cm³/mol. The number of benzene rings is 1. The van der Waals surface area contributed by atoms with Gasteiger partial charge in [0.25, 0.3) is 5.89 Å². The molecule has 0 N–H and O–H groups in total. The van der Waals surface area contributed by atoms with Crippen LogP contribution in [0.4, 0.5) is 0 Å². The number of hydrogen-bond acceptors (Lipinski definition) is 6. The molecule has 0 radical (unpaired) electrons. The van der Waals surface area contributed by atoms with Crippen LogP contribution in [0, 0.1) is 0 Å². The van der Waals surface area contributed by atoms with Crippen LogP contribution in [-0.2, 0) is 16.1 Å². The average molecular weight is 342 g/mol. The minimum atomic E-state index is 0.260. The van der Waals surface area contributed by atoms with Crippen molar-refractivity contribution in [3.8, 4) is 22.2 Å². The number of ether oxygens (including phenoxy) is 2. The Kier molecular flexibility index (Phi) is 4.69. The molecule has 0 atom stereocenters. The lowest BCUT2D eigenvalue weighted by Crippen LogP contribution is -2.23. The van der Waals surface area contributed by atoms with Crippen molar-refractivity contribution in [3.05, 3.63) is 47.3 Å². The zero-order chi connectivity index (χ0) is 16.2. The first-order chi connectivity index (χ1) is 11.9. The molecule has 1 aliphatic heterocycles. The monoisotopic (exact) mass is 342 g/mol. The van der Waals surface area contributed by atoms with Gasteiger partial charge in [-0.05, 0) is 35.9 Å². The van der Waals surface area contributed by atoms with Gasteiger partial charge in [0, 0.05) is 18.8 Å². The van der Waals surface area contributed by atoms with Crippen molar-refractivity contribution >= 4 is 11.3 Å². The number of hydrogen-bond donors (Lipinski definition) is 0. The Morgan fingerprint density at radius 2 is 2.00 bits per heavy atom. The molecule has 1 aliphatic rings. The van der Waals surface area contributed by atoms with Gasteiger partial charge in [-0.2, -0.15) is 4.98 Å². The first-order valence-electron chi connectivity index (χ1n) is 8.05. The van der Waals surface area contributed by atoms with Gasteiger partial charge in [-0.15, -0.1) is 11.3 Å². The van der Waals surface area contributed by atoms with Crippen LogP contribution in [0.2, 0.25) is 0 Å². The quantitative estimate of drug-likeness (QED) is 0.697. The highest BCUT2D eigenvalue weighted by molar-refractivity contribution is 7.13. The molecule has 0 bridgehead atoms. The van der Waals surface area contributed by atoms with E-state index < -0.39 is 0 Å². The largest absolute Gasteiger partial charge is 0.381 e. The van der Waals surface area contributed by atoms with Crippen LogP contribution in [0.3, 0.4) is 0 Å². The highest BCUT2D eigenvalue weighted by Gasteiger charge is 2.17. The van der Waals surface area contributed by atoms with E-state index in [0.29, 0.717) is 18.3 Å². The fourth-order valence-electron chi connectivity index (χ4n) is 2.74. The molecule has 0 spiro atoms. The molecule has 1 saturated heterocycles. The van der Waals surface area contributed by atoms with Gasteiger partial charge >= 0.3 is 0 Å². The first kappa shape index (κ1) is 15.5. The lowest BCUT2D eigenvalue weighted by atomic mass is 10.1. The Morgan fingerprint density at radius 3 is 2.83 bits per heavy atom. The summed E-state index contributed by atoms with van der Waals surface area (Å²) in [7, 11) is 0. The van der Waals surface area contributed by atoms with Crippen molar-refractivity contribution in [1.82, 2.24) is 10.1 Å². The highest BCUT2D eigenvalue weighted by atomic mass is 32.1. The summed E-state index contributed by atoms with van der Waals surface area (Å²) >= 11 is 1.60. The second-order valence-electron chi connectivity index (χ2n) is 5.68. The number of aromatic nitrogens is 2. The van der Waals surface area contributed by atoms with Gasteiger partial charge in [0.1, 0.15) is 0 Å². The van der Waals surface area contributed by atoms with E-state index >= 15 is 0 Å². The van der Waals surface area contributed by atoms with Gasteiger partial charge in [0.05, 0.1) is 17.6 Å². The summed E-state index contributed by atoms with van der Waals surface area (Å²) in [5, 5.41) is 6.09. The molecular weight excluding hydrogens is 324 g/mol.